The quantitative estimate of drug-likeness (QED) is 0.769. The highest BCUT2D eigenvalue weighted by atomic mass is 32.1. The second-order valence-corrected chi connectivity index (χ2v) is 7.72. The van der Waals surface area contributed by atoms with E-state index in [9.17, 15) is 9.59 Å². The number of amides is 3. The summed E-state index contributed by atoms with van der Waals surface area (Å²) in [5.74, 6) is 0.600. The van der Waals surface area contributed by atoms with Crippen LogP contribution in [0.3, 0.4) is 0 Å². The molecule has 3 amide bonds. The van der Waals surface area contributed by atoms with Gasteiger partial charge in [0.15, 0.2) is 0 Å². The lowest BCUT2D eigenvalue weighted by Crippen LogP contribution is -2.27. The molecule has 2 heterocycles. The third-order valence-electron chi connectivity index (χ3n) is 5.07. The van der Waals surface area contributed by atoms with Crippen LogP contribution in [0.15, 0.2) is 6.58 Å². The van der Waals surface area contributed by atoms with E-state index in [0.29, 0.717) is 19.0 Å². The highest BCUT2D eigenvalue weighted by Crippen LogP contribution is 2.38. The standard InChI is InChI=1S/C18H25N3O2S/c1-3-15-13(2)16(11-20-9-8-19-18(20)23)24-17(15)21(12-22)10-14-6-4-5-7-14/h3,12,14H,1,4-11H2,2H3,(H,19,23). The van der Waals surface area contributed by atoms with Crippen LogP contribution in [0.4, 0.5) is 9.80 Å². The van der Waals surface area contributed by atoms with Crippen molar-refractivity contribution in [2.75, 3.05) is 24.5 Å². The fourth-order valence-corrected chi connectivity index (χ4v) is 4.94. The van der Waals surface area contributed by atoms with E-state index in [0.717, 1.165) is 40.5 Å². The molecule has 130 valence electrons. The third-order valence-corrected chi connectivity index (χ3v) is 6.40. The number of nitrogens with zero attached hydrogens (tertiary/aromatic N) is 2. The molecule has 5 nitrogen and oxygen atoms in total. The molecule has 0 spiro atoms. The van der Waals surface area contributed by atoms with Crippen molar-refractivity contribution in [3.63, 3.8) is 0 Å². The molecule has 1 aromatic rings. The molecule has 0 unspecified atom stereocenters. The minimum absolute atomic E-state index is 0.0114. The van der Waals surface area contributed by atoms with Crippen molar-refractivity contribution in [1.29, 1.82) is 0 Å². The van der Waals surface area contributed by atoms with E-state index in [-0.39, 0.29) is 6.03 Å². The summed E-state index contributed by atoms with van der Waals surface area (Å²) >= 11 is 1.62. The van der Waals surface area contributed by atoms with Gasteiger partial charge in [0.25, 0.3) is 0 Å². The average molecular weight is 347 g/mol. The number of nitrogens with one attached hydrogen (secondary N) is 1. The summed E-state index contributed by atoms with van der Waals surface area (Å²) in [6.07, 6.45) is 7.73. The minimum atomic E-state index is -0.0114. The van der Waals surface area contributed by atoms with Crippen LogP contribution >= 0.6 is 11.3 Å². The molecule has 1 aromatic heterocycles. The normalized spacial score (nSPS) is 18.0. The topological polar surface area (TPSA) is 52.7 Å². The summed E-state index contributed by atoms with van der Waals surface area (Å²) in [6, 6.07) is -0.0114. The number of hydrogen-bond donors (Lipinski definition) is 1. The van der Waals surface area contributed by atoms with Crippen molar-refractivity contribution in [3.8, 4) is 0 Å². The van der Waals surface area contributed by atoms with Crippen molar-refractivity contribution < 1.29 is 9.59 Å². The van der Waals surface area contributed by atoms with Gasteiger partial charge in [-0.05, 0) is 31.2 Å². The predicted molar refractivity (Wildman–Crippen MR) is 98.3 cm³/mol. The lowest BCUT2D eigenvalue weighted by atomic mass is 10.1. The molecule has 0 radical (unpaired) electrons. The summed E-state index contributed by atoms with van der Waals surface area (Å²) < 4.78 is 0. The Bertz CT molecular complexity index is 634. The zero-order chi connectivity index (χ0) is 17.1. The van der Waals surface area contributed by atoms with Crippen LogP contribution in [0.2, 0.25) is 0 Å². The average Bonchev–Trinajstić information content (AvgIpc) is 3.29. The lowest BCUT2D eigenvalue weighted by Gasteiger charge is -2.20. The fourth-order valence-electron chi connectivity index (χ4n) is 3.64. The van der Waals surface area contributed by atoms with Crippen molar-refractivity contribution >= 4 is 34.9 Å². The van der Waals surface area contributed by atoms with Gasteiger partial charge in [0.1, 0.15) is 5.00 Å². The van der Waals surface area contributed by atoms with Gasteiger partial charge >= 0.3 is 6.03 Å². The maximum Gasteiger partial charge on any atom is 0.317 e. The van der Waals surface area contributed by atoms with Crippen LogP contribution < -0.4 is 10.2 Å². The number of carbonyl (C=O) groups excluding carboxylic acids is 2. The van der Waals surface area contributed by atoms with Crippen LogP contribution in [0.25, 0.3) is 6.08 Å². The van der Waals surface area contributed by atoms with Gasteiger partial charge in [-0.3, -0.25) is 4.79 Å². The first-order valence-electron chi connectivity index (χ1n) is 8.63. The van der Waals surface area contributed by atoms with Crippen LogP contribution in [-0.2, 0) is 11.3 Å². The zero-order valence-corrected chi connectivity index (χ0v) is 15.0. The SMILES string of the molecule is C=Cc1c(N(C=O)CC2CCCC2)sc(CN2CCNC2=O)c1C. The largest absolute Gasteiger partial charge is 0.336 e. The Hall–Kier alpha value is -1.82. The van der Waals surface area contributed by atoms with Gasteiger partial charge < -0.3 is 15.1 Å². The van der Waals surface area contributed by atoms with Crippen molar-refractivity contribution in [1.82, 2.24) is 10.2 Å². The molecular weight excluding hydrogens is 322 g/mol. The van der Waals surface area contributed by atoms with Gasteiger partial charge in [-0.1, -0.05) is 25.5 Å². The smallest absolute Gasteiger partial charge is 0.317 e. The second kappa shape index (κ2) is 7.38. The molecule has 1 saturated heterocycles. The summed E-state index contributed by atoms with van der Waals surface area (Å²) in [5, 5.41) is 3.80. The van der Waals surface area contributed by atoms with Crippen LogP contribution in [0, 0.1) is 12.8 Å². The van der Waals surface area contributed by atoms with E-state index >= 15 is 0 Å². The number of carbonyl (C=O) groups is 2. The second-order valence-electron chi connectivity index (χ2n) is 6.63. The molecule has 6 heteroatoms. The van der Waals surface area contributed by atoms with Crippen LogP contribution in [0.1, 0.15) is 41.7 Å². The molecule has 1 N–H and O–H groups in total. The number of thiophene rings is 1. The fraction of sp³-hybridized carbons (Fsp3) is 0.556. The molecule has 1 saturated carbocycles. The Morgan fingerprint density at radius 1 is 1.42 bits per heavy atom. The van der Waals surface area contributed by atoms with E-state index < -0.39 is 0 Å². The Morgan fingerprint density at radius 3 is 2.75 bits per heavy atom. The van der Waals surface area contributed by atoms with Gasteiger partial charge in [-0.25, -0.2) is 4.79 Å². The zero-order valence-electron chi connectivity index (χ0n) is 14.2. The molecule has 0 bridgehead atoms. The summed E-state index contributed by atoms with van der Waals surface area (Å²) in [6.45, 7) is 8.80. The molecular formula is C18H25N3O2S. The Morgan fingerprint density at radius 2 is 2.17 bits per heavy atom. The Labute approximate surface area is 147 Å². The van der Waals surface area contributed by atoms with Gasteiger partial charge in [-0.15, -0.1) is 11.3 Å². The molecule has 0 aromatic carbocycles. The summed E-state index contributed by atoms with van der Waals surface area (Å²) in [5.41, 5.74) is 2.16. The Balaban J connectivity index is 1.83. The maximum absolute atomic E-state index is 11.8. The monoisotopic (exact) mass is 347 g/mol. The third kappa shape index (κ3) is 3.34. The maximum atomic E-state index is 11.8. The van der Waals surface area contributed by atoms with Crippen molar-refractivity contribution in [3.05, 3.63) is 22.6 Å². The predicted octanol–water partition coefficient (Wildman–Crippen LogP) is 3.38. The van der Waals surface area contributed by atoms with E-state index in [2.05, 4.69) is 18.8 Å². The van der Waals surface area contributed by atoms with Gasteiger partial charge in [-0.2, -0.15) is 0 Å². The van der Waals surface area contributed by atoms with E-state index in [1.165, 1.54) is 25.7 Å². The van der Waals surface area contributed by atoms with Crippen LogP contribution in [0.5, 0.6) is 0 Å². The number of urea groups is 1. The van der Waals surface area contributed by atoms with Gasteiger partial charge in [0.2, 0.25) is 6.41 Å². The first kappa shape index (κ1) is 17.0. The molecule has 3 rings (SSSR count). The molecule has 1 aliphatic carbocycles. The number of hydrogen-bond acceptors (Lipinski definition) is 3. The lowest BCUT2D eigenvalue weighted by molar-refractivity contribution is -0.107. The highest BCUT2D eigenvalue weighted by Gasteiger charge is 2.25. The van der Waals surface area contributed by atoms with E-state index in [1.54, 1.807) is 11.3 Å². The van der Waals surface area contributed by atoms with Gasteiger partial charge in [0.05, 0.1) is 6.54 Å². The van der Waals surface area contributed by atoms with Gasteiger partial charge in [0, 0.05) is 30.1 Å². The molecule has 0 atom stereocenters. The number of anilines is 1. The first-order chi connectivity index (χ1) is 11.6. The highest BCUT2D eigenvalue weighted by molar-refractivity contribution is 7.16. The minimum Gasteiger partial charge on any atom is -0.336 e. The van der Waals surface area contributed by atoms with E-state index in [4.69, 9.17) is 0 Å². The Kier molecular flexibility index (Phi) is 5.23. The molecule has 2 fully saturated rings. The number of rotatable bonds is 7. The molecule has 2 aliphatic rings. The van der Waals surface area contributed by atoms with Crippen LogP contribution in [-0.4, -0.2) is 37.0 Å². The summed E-state index contributed by atoms with van der Waals surface area (Å²) in [4.78, 5) is 28.3. The van der Waals surface area contributed by atoms with E-state index in [1.807, 2.05) is 15.9 Å². The summed E-state index contributed by atoms with van der Waals surface area (Å²) in [7, 11) is 0. The van der Waals surface area contributed by atoms with Crippen molar-refractivity contribution in [2.24, 2.45) is 5.92 Å². The first-order valence-corrected chi connectivity index (χ1v) is 9.45. The molecule has 1 aliphatic heterocycles. The van der Waals surface area contributed by atoms with Crippen molar-refractivity contribution in [2.45, 2.75) is 39.2 Å². The molecule has 24 heavy (non-hydrogen) atoms.